The molecule has 3 aromatic rings. The molecule has 0 saturated heterocycles. The van der Waals surface area contributed by atoms with Crippen LogP contribution in [0.15, 0.2) is 60.7 Å². The van der Waals surface area contributed by atoms with E-state index < -0.39 is 18.0 Å². The van der Waals surface area contributed by atoms with Crippen molar-refractivity contribution in [3.8, 4) is 17.2 Å². The number of halogens is 2. The van der Waals surface area contributed by atoms with Gasteiger partial charge in [0.1, 0.15) is 29.9 Å². The molecule has 10 heteroatoms. The van der Waals surface area contributed by atoms with Crippen molar-refractivity contribution in [1.82, 2.24) is 5.32 Å². The van der Waals surface area contributed by atoms with Crippen LogP contribution in [-0.4, -0.2) is 37.4 Å². The Kier molecular flexibility index (Phi) is 9.83. The largest absolute Gasteiger partial charge is 0.506 e. The van der Waals surface area contributed by atoms with Crippen molar-refractivity contribution < 1.29 is 28.9 Å². The molecule has 0 radical (unpaired) electrons. The summed E-state index contributed by atoms with van der Waals surface area (Å²) in [5.41, 5.74) is 1.99. The maximum atomic E-state index is 13.3. The lowest BCUT2D eigenvalue weighted by molar-refractivity contribution is -0.118. The van der Waals surface area contributed by atoms with Gasteiger partial charge >= 0.3 is 6.09 Å². The number of phenolic OH excluding ortho intramolecular Hbond substituents is 1. The van der Waals surface area contributed by atoms with Gasteiger partial charge < -0.3 is 30.0 Å². The lowest BCUT2D eigenvalue weighted by atomic mass is 10.0. The van der Waals surface area contributed by atoms with Crippen LogP contribution in [0.5, 0.6) is 17.2 Å². The number of ether oxygens (including phenoxy) is 3. The SMILES string of the molecule is COc1ccc(OC)c(NC(=O)[C@@H](Cc2cc(I)c(O)c(I)c2)NC(=O)OCc2ccccc2)c1. The molecule has 0 spiro atoms. The number of methoxy groups -OCH3 is 2. The van der Waals surface area contributed by atoms with E-state index in [4.69, 9.17) is 14.2 Å². The fraction of sp³-hybridized carbons (Fsp3) is 0.200. The Labute approximate surface area is 230 Å². The number of carbonyl (C=O) groups is 2. The highest BCUT2D eigenvalue weighted by Gasteiger charge is 2.24. The minimum Gasteiger partial charge on any atom is -0.506 e. The molecule has 184 valence electrons. The van der Waals surface area contributed by atoms with Gasteiger partial charge in [0.25, 0.3) is 0 Å². The predicted octanol–water partition coefficient (Wildman–Crippen LogP) is 5.09. The number of nitrogens with one attached hydrogen (secondary N) is 2. The van der Waals surface area contributed by atoms with Crippen molar-refractivity contribution in [2.45, 2.75) is 19.1 Å². The number of hydrogen-bond donors (Lipinski definition) is 3. The van der Waals surface area contributed by atoms with Gasteiger partial charge in [-0.2, -0.15) is 0 Å². The molecule has 0 bridgehead atoms. The number of benzene rings is 3. The van der Waals surface area contributed by atoms with Crippen LogP contribution in [0.3, 0.4) is 0 Å². The van der Waals surface area contributed by atoms with Gasteiger partial charge in [-0.25, -0.2) is 4.79 Å². The molecule has 35 heavy (non-hydrogen) atoms. The van der Waals surface area contributed by atoms with E-state index in [9.17, 15) is 14.7 Å². The van der Waals surface area contributed by atoms with Crippen molar-refractivity contribution in [1.29, 1.82) is 0 Å². The number of anilines is 1. The summed E-state index contributed by atoms with van der Waals surface area (Å²) in [6, 6.07) is 16.8. The Morgan fingerprint density at radius 2 is 1.63 bits per heavy atom. The summed E-state index contributed by atoms with van der Waals surface area (Å²) in [5, 5.41) is 15.6. The Hall–Kier alpha value is -2.74. The van der Waals surface area contributed by atoms with E-state index in [2.05, 4.69) is 10.6 Å². The van der Waals surface area contributed by atoms with Crippen molar-refractivity contribution in [2.75, 3.05) is 19.5 Å². The van der Waals surface area contributed by atoms with E-state index >= 15 is 0 Å². The molecule has 0 aliphatic heterocycles. The number of carbonyl (C=O) groups excluding carboxylic acids is 2. The van der Waals surface area contributed by atoms with Crippen molar-refractivity contribution in [3.05, 3.63) is 78.9 Å². The van der Waals surface area contributed by atoms with Crippen LogP contribution in [0.4, 0.5) is 10.5 Å². The van der Waals surface area contributed by atoms with E-state index in [1.807, 2.05) is 75.5 Å². The number of rotatable bonds is 9. The van der Waals surface area contributed by atoms with Crippen molar-refractivity contribution >= 4 is 62.9 Å². The van der Waals surface area contributed by atoms with Gasteiger partial charge in [0, 0.05) is 12.5 Å². The summed E-state index contributed by atoms with van der Waals surface area (Å²) in [6.45, 7) is 0.0692. The Morgan fingerprint density at radius 1 is 0.943 bits per heavy atom. The van der Waals surface area contributed by atoms with Gasteiger partial charge in [-0.05, 0) is 80.6 Å². The van der Waals surface area contributed by atoms with Crippen LogP contribution < -0.4 is 20.1 Å². The topological polar surface area (TPSA) is 106 Å². The second-order valence-electron chi connectivity index (χ2n) is 7.43. The van der Waals surface area contributed by atoms with E-state index in [0.717, 1.165) is 11.1 Å². The zero-order valence-electron chi connectivity index (χ0n) is 19.0. The lowest BCUT2D eigenvalue weighted by Gasteiger charge is -2.20. The highest BCUT2D eigenvalue weighted by Crippen LogP contribution is 2.30. The van der Waals surface area contributed by atoms with Crippen LogP contribution in [0, 0.1) is 7.14 Å². The zero-order chi connectivity index (χ0) is 25.4. The van der Waals surface area contributed by atoms with Crippen LogP contribution in [0.1, 0.15) is 11.1 Å². The van der Waals surface area contributed by atoms with E-state index in [1.165, 1.54) is 14.2 Å². The first-order valence-electron chi connectivity index (χ1n) is 10.5. The Bertz CT molecular complexity index is 1170. The van der Waals surface area contributed by atoms with Gasteiger partial charge in [0.2, 0.25) is 5.91 Å². The lowest BCUT2D eigenvalue weighted by Crippen LogP contribution is -2.45. The highest BCUT2D eigenvalue weighted by molar-refractivity contribution is 14.1. The number of alkyl carbamates (subject to hydrolysis) is 1. The van der Waals surface area contributed by atoms with Crippen LogP contribution >= 0.6 is 45.2 Å². The first kappa shape index (κ1) is 26.9. The van der Waals surface area contributed by atoms with Crippen LogP contribution in [-0.2, 0) is 22.6 Å². The summed E-state index contributed by atoms with van der Waals surface area (Å²) in [4.78, 5) is 25.9. The molecule has 0 saturated carbocycles. The third-order valence-corrected chi connectivity index (χ3v) is 6.65. The number of phenols is 1. The predicted molar refractivity (Wildman–Crippen MR) is 149 cm³/mol. The third-order valence-electron chi connectivity index (χ3n) is 5.00. The molecule has 0 unspecified atom stereocenters. The molecule has 0 fully saturated rings. The van der Waals surface area contributed by atoms with Crippen molar-refractivity contribution in [2.24, 2.45) is 0 Å². The van der Waals surface area contributed by atoms with Crippen molar-refractivity contribution in [3.63, 3.8) is 0 Å². The van der Waals surface area contributed by atoms with Gasteiger partial charge in [-0.15, -0.1) is 0 Å². The molecule has 0 aromatic heterocycles. The third kappa shape index (κ3) is 7.62. The Balaban J connectivity index is 1.81. The summed E-state index contributed by atoms with van der Waals surface area (Å²) in [7, 11) is 3.02. The maximum absolute atomic E-state index is 13.3. The second kappa shape index (κ2) is 12.8. The summed E-state index contributed by atoms with van der Waals surface area (Å²) in [6.07, 6.45) is -0.556. The number of amides is 2. The quantitative estimate of drug-likeness (QED) is 0.269. The molecule has 3 aromatic carbocycles. The minimum absolute atomic E-state index is 0.0692. The van der Waals surface area contributed by atoms with E-state index in [-0.39, 0.29) is 18.8 Å². The summed E-state index contributed by atoms with van der Waals surface area (Å²) >= 11 is 4.05. The maximum Gasteiger partial charge on any atom is 0.408 e. The smallest absolute Gasteiger partial charge is 0.408 e. The molecule has 3 rings (SSSR count). The van der Waals surface area contributed by atoms with Gasteiger partial charge in [-0.3, -0.25) is 4.79 Å². The zero-order valence-corrected chi connectivity index (χ0v) is 23.3. The average molecular weight is 702 g/mol. The van der Waals surface area contributed by atoms with Crippen LogP contribution in [0.25, 0.3) is 0 Å². The van der Waals surface area contributed by atoms with Gasteiger partial charge in [-0.1, -0.05) is 30.3 Å². The fourth-order valence-corrected chi connectivity index (χ4v) is 5.12. The van der Waals surface area contributed by atoms with E-state index in [0.29, 0.717) is 24.3 Å². The molecular weight excluding hydrogens is 678 g/mol. The minimum atomic E-state index is -0.967. The first-order valence-corrected chi connectivity index (χ1v) is 12.6. The Morgan fingerprint density at radius 3 is 2.26 bits per heavy atom. The molecule has 3 N–H and O–H groups in total. The molecule has 2 amide bonds. The summed E-state index contributed by atoms with van der Waals surface area (Å²) < 4.78 is 17.2. The van der Waals surface area contributed by atoms with Gasteiger partial charge in [0.15, 0.2) is 0 Å². The molecule has 1 atom stereocenters. The monoisotopic (exact) mass is 702 g/mol. The summed E-state index contributed by atoms with van der Waals surface area (Å²) in [5.74, 6) is 0.687. The molecular formula is C25H24I2N2O6. The molecule has 8 nitrogen and oxygen atoms in total. The standard InChI is InChI=1S/C25H24I2N2O6/c1-33-17-8-9-22(34-2)20(13-17)28-24(31)21(12-16-10-18(26)23(30)19(27)11-16)29-25(32)35-14-15-6-4-3-5-7-15/h3-11,13,21,30H,12,14H2,1-2H3,(H,28,31)(H,29,32)/t21-/m1/s1. The average Bonchev–Trinajstić information content (AvgIpc) is 2.86. The fourth-order valence-electron chi connectivity index (χ4n) is 3.22. The highest BCUT2D eigenvalue weighted by atomic mass is 127. The molecule has 0 aliphatic rings. The van der Waals surface area contributed by atoms with E-state index in [1.54, 1.807) is 30.3 Å². The van der Waals surface area contributed by atoms with Crippen LogP contribution in [0.2, 0.25) is 0 Å². The van der Waals surface area contributed by atoms with Gasteiger partial charge in [0.05, 0.1) is 27.0 Å². The molecule has 0 heterocycles. The number of aromatic hydroxyl groups is 1. The molecule has 0 aliphatic carbocycles. The normalized spacial score (nSPS) is 11.3. The second-order valence-corrected chi connectivity index (χ2v) is 9.75. The first-order chi connectivity index (χ1) is 16.8. The number of hydrogen-bond acceptors (Lipinski definition) is 6.